The number of allylic oxidation sites excluding steroid dienone is 1. The smallest absolute Gasteiger partial charge is 0.327 e. The molecule has 4 atom stereocenters. The standard InChI is InChI=1S/C37H49ClN4O6S/c1-25-29-20-37(25,47-4)15-7-5-9-17-49(45,41-35(44)39-31-21-36(2,22-31)46-3)40-34(43)27-12-14-33-32(19-27)42(24-29)23-28-11-13-30(38)18-26(28)10-6-8-16-48-33/h7,11-15,18-19,25,29,31H,5-6,8-10,16-17,20-24H2,1-4H3,(H2,39,40,41,43,44,45)/b15-7+/t25-,29+,31?,36?,37+,49?/m1/s1. The predicted octanol–water partition coefficient (Wildman–Crippen LogP) is 6.84. The molecule has 4 bridgehead atoms. The molecular formula is C37H49ClN4O6S. The monoisotopic (exact) mass is 712 g/mol. The van der Waals surface area contributed by atoms with Crippen molar-refractivity contribution in [3.8, 4) is 5.75 Å². The summed E-state index contributed by atoms with van der Waals surface area (Å²) in [5, 5.41) is 3.59. The second kappa shape index (κ2) is 14.6. The van der Waals surface area contributed by atoms with Crippen LogP contribution in [0.4, 0.5) is 10.5 Å². The van der Waals surface area contributed by atoms with Gasteiger partial charge >= 0.3 is 6.03 Å². The number of aryl methyl sites for hydroxylation is 1. The highest BCUT2D eigenvalue weighted by molar-refractivity contribution is 7.92. The Hall–Kier alpha value is -3.12. The van der Waals surface area contributed by atoms with Crippen molar-refractivity contribution in [1.29, 1.82) is 0 Å². The molecule has 2 saturated carbocycles. The number of carbonyl (C=O) groups excluding carboxylic acids is 2. The van der Waals surface area contributed by atoms with E-state index >= 15 is 0 Å². The van der Waals surface area contributed by atoms with Gasteiger partial charge in [-0.15, -0.1) is 4.36 Å². The quantitative estimate of drug-likeness (QED) is 0.333. The number of hydrogen-bond donors (Lipinski definition) is 2. The van der Waals surface area contributed by atoms with E-state index in [2.05, 4.69) is 50.5 Å². The topological polar surface area (TPSA) is 119 Å². The summed E-state index contributed by atoms with van der Waals surface area (Å²) in [4.78, 5) is 29.2. The molecule has 0 saturated heterocycles. The van der Waals surface area contributed by atoms with Crippen LogP contribution < -0.4 is 19.7 Å². The van der Waals surface area contributed by atoms with Gasteiger partial charge in [-0.25, -0.2) is 9.00 Å². The molecule has 49 heavy (non-hydrogen) atoms. The summed E-state index contributed by atoms with van der Waals surface area (Å²) >= 11 is 6.45. The normalized spacial score (nSPS) is 32.5. The van der Waals surface area contributed by atoms with E-state index in [-0.39, 0.29) is 28.9 Å². The largest absolute Gasteiger partial charge is 0.491 e. The SMILES string of the molecule is COC1(C)CC(NC(=O)NS2(=O)=NC(=O)c3ccc4c(c3)N(Cc3ccc(Cl)cc3CCCCO4)C[C@@H]3C[C@@](OC)(/C=C/CCC2)[C@@H]3C)C1. The van der Waals surface area contributed by atoms with Crippen molar-refractivity contribution in [3.63, 3.8) is 0 Å². The van der Waals surface area contributed by atoms with Gasteiger partial charge in [-0.2, -0.15) is 0 Å². The molecule has 7 rings (SSSR count). The van der Waals surface area contributed by atoms with Crippen LogP contribution >= 0.6 is 11.6 Å². The van der Waals surface area contributed by atoms with Gasteiger partial charge < -0.3 is 24.4 Å². The summed E-state index contributed by atoms with van der Waals surface area (Å²) in [5.74, 6) is 0.614. The van der Waals surface area contributed by atoms with Crippen LogP contribution in [0.1, 0.15) is 80.3 Å². The second-order valence-electron chi connectivity index (χ2n) is 14.3. The first-order valence-electron chi connectivity index (χ1n) is 17.4. The van der Waals surface area contributed by atoms with Gasteiger partial charge in [0.05, 0.1) is 29.2 Å². The number of nitrogens with zero attached hydrogens (tertiary/aromatic N) is 2. The molecule has 3 aliphatic heterocycles. The van der Waals surface area contributed by atoms with Crippen LogP contribution in [-0.2, 0) is 32.4 Å². The molecule has 0 aromatic heterocycles. The summed E-state index contributed by atoms with van der Waals surface area (Å²) in [5.41, 5.74) is 2.75. The van der Waals surface area contributed by atoms with E-state index in [1.54, 1.807) is 26.4 Å². The Kier molecular flexibility index (Phi) is 10.7. The molecule has 0 radical (unpaired) electrons. The second-order valence-corrected chi connectivity index (χ2v) is 16.8. The maximum atomic E-state index is 14.3. The van der Waals surface area contributed by atoms with Crippen molar-refractivity contribution >= 4 is 39.1 Å². The van der Waals surface area contributed by atoms with Gasteiger partial charge in [0.2, 0.25) is 0 Å². The number of ether oxygens (including phenoxy) is 3. The van der Waals surface area contributed by atoms with E-state index in [4.69, 9.17) is 25.8 Å². The maximum Gasteiger partial charge on any atom is 0.327 e. The van der Waals surface area contributed by atoms with Crippen molar-refractivity contribution < 1.29 is 28.0 Å². The van der Waals surface area contributed by atoms with Gasteiger partial charge in [-0.1, -0.05) is 36.7 Å². The first-order valence-corrected chi connectivity index (χ1v) is 19.4. The first kappa shape index (κ1) is 35.7. The highest BCUT2D eigenvalue weighted by Crippen LogP contribution is 2.49. The lowest BCUT2D eigenvalue weighted by Gasteiger charge is -2.53. The number of urea groups is 1. The van der Waals surface area contributed by atoms with Gasteiger partial charge in [0.1, 0.15) is 15.7 Å². The van der Waals surface area contributed by atoms with Crippen LogP contribution in [0.2, 0.25) is 5.02 Å². The summed E-state index contributed by atoms with van der Waals surface area (Å²) in [6, 6.07) is 10.6. The van der Waals surface area contributed by atoms with Crippen LogP contribution in [0.15, 0.2) is 52.9 Å². The van der Waals surface area contributed by atoms with Crippen LogP contribution in [-0.4, -0.2) is 66.5 Å². The first-order chi connectivity index (χ1) is 23.4. The third-order valence-corrected chi connectivity index (χ3v) is 13.0. The molecule has 2 aliphatic carbocycles. The Balaban J connectivity index is 1.37. The summed E-state index contributed by atoms with van der Waals surface area (Å²) in [6.45, 7) is 6.06. The Bertz CT molecular complexity index is 1720. The number of rotatable bonds is 4. The Morgan fingerprint density at radius 3 is 2.65 bits per heavy atom. The van der Waals surface area contributed by atoms with Crippen molar-refractivity contribution in [1.82, 2.24) is 10.0 Å². The van der Waals surface area contributed by atoms with Gasteiger partial charge in [-0.3, -0.25) is 9.52 Å². The highest BCUT2D eigenvalue weighted by Gasteiger charge is 2.50. The number of fused-ring (bicyclic) bond motifs is 6. The van der Waals surface area contributed by atoms with E-state index in [9.17, 15) is 13.8 Å². The number of carbonyl (C=O) groups is 2. The molecule has 3 amide bonds. The van der Waals surface area contributed by atoms with Gasteiger partial charge in [-0.05, 0) is 112 Å². The highest BCUT2D eigenvalue weighted by atomic mass is 35.5. The number of benzene rings is 2. The van der Waals surface area contributed by atoms with Gasteiger partial charge in [0, 0.05) is 43.9 Å². The van der Waals surface area contributed by atoms with Gasteiger partial charge in [0.25, 0.3) is 5.91 Å². The lowest BCUT2D eigenvalue weighted by atomic mass is 9.61. The van der Waals surface area contributed by atoms with Crippen molar-refractivity contribution in [2.24, 2.45) is 16.2 Å². The minimum absolute atomic E-state index is 0.0225. The average Bonchev–Trinajstić information content (AvgIpc) is 3.08. The van der Waals surface area contributed by atoms with Crippen molar-refractivity contribution in [2.45, 2.75) is 89.0 Å². The van der Waals surface area contributed by atoms with E-state index in [0.717, 1.165) is 37.9 Å². The number of hydrogen-bond acceptors (Lipinski definition) is 7. The van der Waals surface area contributed by atoms with E-state index in [0.29, 0.717) is 55.5 Å². The molecule has 0 spiro atoms. The van der Waals surface area contributed by atoms with E-state index < -0.39 is 27.5 Å². The minimum atomic E-state index is -3.46. The third kappa shape index (κ3) is 7.95. The zero-order valence-corrected chi connectivity index (χ0v) is 30.5. The van der Waals surface area contributed by atoms with Crippen LogP contribution in [0.5, 0.6) is 5.75 Å². The molecule has 10 nitrogen and oxygen atoms in total. The molecular weight excluding hydrogens is 664 g/mol. The lowest BCUT2D eigenvalue weighted by Crippen LogP contribution is -2.56. The van der Waals surface area contributed by atoms with E-state index in [1.807, 2.05) is 19.1 Å². The fourth-order valence-electron chi connectivity index (χ4n) is 7.73. The molecule has 2 aromatic carbocycles. The molecule has 12 heteroatoms. The number of anilines is 1. The summed E-state index contributed by atoms with van der Waals surface area (Å²) in [6.07, 6.45) is 10.1. The maximum absolute atomic E-state index is 14.3. The predicted molar refractivity (Wildman–Crippen MR) is 193 cm³/mol. The van der Waals surface area contributed by atoms with Crippen LogP contribution in [0.25, 0.3) is 0 Å². The van der Waals surface area contributed by atoms with Crippen LogP contribution in [0, 0.1) is 11.8 Å². The van der Waals surface area contributed by atoms with Crippen molar-refractivity contribution in [3.05, 3.63) is 70.3 Å². The number of methoxy groups -OCH3 is 2. The Labute approximate surface area is 295 Å². The molecule has 3 heterocycles. The van der Waals surface area contributed by atoms with Crippen molar-refractivity contribution in [2.75, 3.05) is 38.0 Å². The Morgan fingerprint density at radius 1 is 1.08 bits per heavy atom. The van der Waals surface area contributed by atoms with Gasteiger partial charge in [0.15, 0.2) is 0 Å². The van der Waals surface area contributed by atoms with Crippen LogP contribution in [0.3, 0.4) is 0 Å². The fraction of sp³-hybridized carbons (Fsp3) is 0.568. The minimum Gasteiger partial charge on any atom is -0.491 e. The molecule has 266 valence electrons. The lowest BCUT2D eigenvalue weighted by molar-refractivity contribution is -0.116. The van der Waals surface area contributed by atoms with E-state index in [1.165, 1.54) is 11.1 Å². The number of nitrogens with one attached hydrogen (secondary N) is 2. The zero-order chi connectivity index (χ0) is 34.8. The molecule has 2 N–H and O–H groups in total. The average molecular weight is 713 g/mol. The summed E-state index contributed by atoms with van der Waals surface area (Å²) in [7, 11) is -0.0516. The third-order valence-electron chi connectivity index (χ3n) is 10.9. The molecule has 5 aliphatic rings. The zero-order valence-electron chi connectivity index (χ0n) is 29.0. The molecule has 2 aromatic rings. The number of amides is 3. The number of halogens is 1. The Morgan fingerprint density at radius 2 is 1.90 bits per heavy atom. The molecule has 1 unspecified atom stereocenters. The fourth-order valence-corrected chi connectivity index (χ4v) is 9.44. The summed E-state index contributed by atoms with van der Waals surface area (Å²) < 4.78 is 39.0. The molecule has 2 fully saturated rings.